The van der Waals surface area contributed by atoms with Crippen LogP contribution in [0, 0.1) is 5.92 Å². The summed E-state index contributed by atoms with van der Waals surface area (Å²) in [6.07, 6.45) is 3.88. The molecule has 1 atom stereocenters. The van der Waals surface area contributed by atoms with Crippen LogP contribution in [0.2, 0.25) is 0 Å². The predicted octanol–water partition coefficient (Wildman–Crippen LogP) is 1.72. The average Bonchev–Trinajstić information content (AvgIpc) is 2.45. The monoisotopic (exact) mass is 265 g/mol. The molecule has 1 aliphatic heterocycles. The summed E-state index contributed by atoms with van der Waals surface area (Å²) in [5.41, 5.74) is 3.67. The van der Waals surface area contributed by atoms with Crippen LogP contribution < -0.4 is 16.6 Å². The molecule has 6 nitrogen and oxygen atoms in total. The van der Waals surface area contributed by atoms with Crippen LogP contribution in [0.1, 0.15) is 38.2 Å². The van der Waals surface area contributed by atoms with Gasteiger partial charge in [-0.3, -0.25) is 0 Å². The molecule has 0 saturated carbocycles. The van der Waals surface area contributed by atoms with Gasteiger partial charge in [0.05, 0.1) is 6.61 Å². The number of aromatic nitrogens is 2. The third kappa shape index (κ3) is 3.54. The van der Waals surface area contributed by atoms with Gasteiger partial charge in [0.1, 0.15) is 18.0 Å². The first-order valence-corrected chi connectivity index (χ1v) is 6.85. The molecule has 19 heavy (non-hydrogen) atoms. The fraction of sp³-hybridized carbons (Fsp3) is 0.692. The smallest absolute Gasteiger partial charge is 0.148 e. The quantitative estimate of drug-likeness (QED) is 0.555. The molecule has 1 aliphatic rings. The summed E-state index contributed by atoms with van der Waals surface area (Å²) in [4.78, 5) is 8.50. The summed E-state index contributed by atoms with van der Waals surface area (Å²) >= 11 is 0. The standard InChI is InChI=1S/C13H23N5O/c1-9(2)11-12(16-8-17-13(11)18-14)15-6-10-4-3-5-19-7-10/h8-10H,3-7,14H2,1-2H3,(H2,15,16,17,18). The highest BCUT2D eigenvalue weighted by Crippen LogP contribution is 2.28. The van der Waals surface area contributed by atoms with Gasteiger partial charge in [0.2, 0.25) is 0 Å². The molecule has 1 fully saturated rings. The van der Waals surface area contributed by atoms with Crippen LogP contribution in [-0.2, 0) is 4.74 Å². The van der Waals surface area contributed by atoms with E-state index in [9.17, 15) is 0 Å². The number of rotatable bonds is 5. The van der Waals surface area contributed by atoms with Gasteiger partial charge >= 0.3 is 0 Å². The van der Waals surface area contributed by atoms with Gasteiger partial charge in [0, 0.05) is 18.7 Å². The highest BCUT2D eigenvalue weighted by molar-refractivity contribution is 5.58. The predicted molar refractivity (Wildman–Crippen MR) is 76.0 cm³/mol. The number of ether oxygens (including phenoxy) is 1. The Balaban J connectivity index is 2.06. The van der Waals surface area contributed by atoms with E-state index >= 15 is 0 Å². The van der Waals surface area contributed by atoms with Gasteiger partial charge in [-0.15, -0.1) is 0 Å². The summed E-state index contributed by atoms with van der Waals surface area (Å²) in [5, 5.41) is 3.41. The Labute approximate surface area is 114 Å². The summed E-state index contributed by atoms with van der Waals surface area (Å²) in [6, 6.07) is 0. The van der Waals surface area contributed by atoms with Crippen molar-refractivity contribution in [3.63, 3.8) is 0 Å². The van der Waals surface area contributed by atoms with Gasteiger partial charge in [0.15, 0.2) is 0 Å². The molecule has 2 heterocycles. The van der Waals surface area contributed by atoms with Gasteiger partial charge in [0.25, 0.3) is 0 Å². The SMILES string of the molecule is CC(C)c1c(NN)ncnc1NCC1CCCOC1. The van der Waals surface area contributed by atoms with Crippen LogP contribution in [0.4, 0.5) is 11.6 Å². The molecule has 106 valence electrons. The molecule has 1 saturated heterocycles. The fourth-order valence-electron chi connectivity index (χ4n) is 2.41. The summed E-state index contributed by atoms with van der Waals surface area (Å²) in [5.74, 6) is 7.92. The highest BCUT2D eigenvalue weighted by atomic mass is 16.5. The van der Waals surface area contributed by atoms with E-state index in [1.807, 2.05) is 0 Å². The normalized spacial score (nSPS) is 19.5. The van der Waals surface area contributed by atoms with E-state index in [0.29, 0.717) is 17.7 Å². The van der Waals surface area contributed by atoms with E-state index in [0.717, 1.165) is 37.6 Å². The van der Waals surface area contributed by atoms with Crippen molar-refractivity contribution < 1.29 is 4.74 Å². The maximum atomic E-state index is 5.51. The first-order chi connectivity index (χ1) is 9.22. The number of hydrogen-bond acceptors (Lipinski definition) is 6. The number of nitrogens with two attached hydrogens (primary N) is 1. The second-order valence-corrected chi connectivity index (χ2v) is 5.25. The lowest BCUT2D eigenvalue weighted by molar-refractivity contribution is 0.0594. The number of hydrazine groups is 1. The third-order valence-electron chi connectivity index (χ3n) is 3.41. The van der Waals surface area contributed by atoms with Crippen LogP contribution in [-0.4, -0.2) is 29.7 Å². The second-order valence-electron chi connectivity index (χ2n) is 5.25. The van der Waals surface area contributed by atoms with Crippen molar-refractivity contribution in [3.05, 3.63) is 11.9 Å². The Bertz CT molecular complexity index is 404. The van der Waals surface area contributed by atoms with Crippen LogP contribution in [0.25, 0.3) is 0 Å². The van der Waals surface area contributed by atoms with E-state index in [-0.39, 0.29) is 0 Å². The van der Waals surface area contributed by atoms with E-state index in [1.54, 1.807) is 0 Å². The van der Waals surface area contributed by atoms with Gasteiger partial charge in [-0.2, -0.15) is 0 Å². The number of nitrogen functional groups attached to an aromatic ring is 1. The Morgan fingerprint density at radius 3 is 2.84 bits per heavy atom. The zero-order valence-electron chi connectivity index (χ0n) is 11.6. The Morgan fingerprint density at radius 2 is 2.21 bits per heavy atom. The zero-order chi connectivity index (χ0) is 13.7. The minimum atomic E-state index is 0.303. The minimum absolute atomic E-state index is 0.303. The topological polar surface area (TPSA) is 85.1 Å². The van der Waals surface area contributed by atoms with Crippen molar-refractivity contribution in [1.29, 1.82) is 0 Å². The van der Waals surface area contributed by atoms with Crippen LogP contribution in [0.3, 0.4) is 0 Å². The molecule has 4 N–H and O–H groups in total. The molecule has 0 amide bonds. The lowest BCUT2D eigenvalue weighted by atomic mass is 10.0. The van der Waals surface area contributed by atoms with Crippen molar-refractivity contribution in [2.24, 2.45) is 11.8 Å². The van der Waals surface area contributed by atoms with Crippen molar-refractivity contribution in [2.45, 2.75) is 32.6 Å². The minimum Gasteiger partial charge on any atom is -0.381 e. The van der Waals surface area contributed by atoms with E-state index in [4.69, 9.17) is 10.6 Å². The summed E-state index contributed by atoms with van der Waals surface area (Å²) in [7, 11) is 0. The maximum Gasteiger partial charge on any atom is 0.148 e. The molecular formula is C13H23N5O. The molecule has 1 aromatic heterocycles. The van der Waals surface area contributed by atoms with E-state index in [1.165, 1.54) is 12.7 Å². The van der Waals surface area contributed by atoms with Crippen LogP contribution in [0.15, 0.2) is 6.33 Å². The van der Waals surface area contributed by atoms with Crippen molar-refractivity contribution in [3.8, 4) is 0 Å². The molecular weight excluding hydrogens is 242 g/mol. The van der Waals surface area contributed by atoms with Gasteiger partial charge < -0.3 is 15.5 Å². The highest BCUT2D eigenvalue weighted by Gasteiger charge is 2.17. The molecule has 0 bridgehead atoms. The second kappa shape index (κ2) is 6.68. The van der Waals surface area contributed by atoms with Gasteiger partial charge in [-0.25, -0.2) is 15.8 Å². The van der Waals surface area contributed by atoms with Crippen LogP contribution in [0.5, 0.6) is 0 Å². The molecule has 0 radical (unpaired) electrons. The summed E-state index contributed by atoms with van der Waals surface area (Å²) < 4.78 is 5.49. The van der Waals surface area contributed by atoms with E-state index < -0.39 is 0 Å². The Hall–Kier alpha value is -1.40. The van der Waals surface area contributed by atoms with E-state index in [2.05, 4.69) is 34.6 Å². The molecule has 1 aromatic rings. The van der Waals surface area contributed by atoms with Crippen molar-refractivity contribution >= 4 is 11.6 Å². The molecule has 0 aromatic carbocycles. The fourth-order valence-corrected chi connectivity index (χ4v) is 2.41. The van der Waals surface area contributed by atoms with Gasteiger partial charge in [-0.05, 0) is 24.7 Å². The number of nitrogens with one attached hydrogen (secondary N) is 2. The number of anilines is 2. The van der Waals surface area contributed by atoms with Crippen molar-refractivity contribution in [1.82, 2.24) is 9.97 Å². The largest absolute Gasteiger partial charge is 0.381 e. The Kier molecular flexibility index (Phi) is 4.93. The molecule has 6 heteroatoms. The molecule has 1 unspecified atom stereocenters. The first kappa shape index (κ1) is 14.0. The van der Waals surface area contributed by atoms with Crippen LogP contribution >= 0.6 is 0 Å². The third-order valence-corrected chi connectivity index (χ3v) is 3.41. The van der Waals surface area contributed by atoms with Crippen molar-refractivity contribution in [2.75, 3.05) is 30.5 Å². The zero-order valence-corrected chi connectivity index (χ0v) is 11.6. The van der Waals surface area contributed by atoms with Gasteiger partial charge in [-0.1, -0.05) is 13.8 Å². The molecule has 0 aliphatic carbocycles. The summed E-state index contributed by atoms with van der Waals surface area (Å²) in [6.45, 7) is 6.81. The Morgan fingerprint density at radius 1 is 1.42 bits per heavy atom. The number of hydrogen-bond donors (Lipinski definition) is 3. The molecule has 2 rings (SSSR count). The molecule has 0 spiro atoms. The lowest BCUT2D eigenvalue weighted by Crippen LogP contribution is -2.25. The maximum absolute atomic E-state index is 5.51. The lowest BCUT2D eigenvalue weighted by Gasteiger charge is -2.23. The number of nitrogens with zero attached hydrogens (tertiary/aromatic N) is 2. The average molecular weight is 265 g/mol. The first-order valence-electron chi connectivity index (χ1n) is 6.85.